The molecule has 0 saturated carbocycles. The van der Waals surface area contributed by atoms with Crippen LogP contribution in [0.25, 0.3) is 0 Å². The van der Waals surface area contributed by atoms with Gasteiger partial charge in [0.25, 0.3) is 0 Å². The SMILES string of the molecule is CC(C)(C)Sc1cccc(Br)c1C=O. The minimum atomic E-state index is 0.124. The Balaban J connectivity index is 3.08. The predicted molar refractivity (Wildman–Crippen MR) is 65.1 cm³/mol. The largest absolute Gasteiger partial charge is 0.298 e. The van der Waals surface area contributed by atoms with Crippen LogP contribution in [-0.4, -0.2) is 11.0 Å². The van der Waals surface area contributed by atoms with E-state index in [1.165, 1.54) is 0 Å². The van der Waals surface area contributed by atoms with Gasteiger partial charge in [-0.2, -0.15) is 0 Å². The van der Waals surface area contributed by atoms with E-state index in [0.29, 0.717) is 0 Å². The maximum Gasteiger partial charge on any atom is 0.152 e. The highest BCUT2D eigenvalue weighted by atomic mass is 79.9. The van der Waals surface area contributed by atoms with Crippen LogP contribution < -0.4 is 0 Å². The maximum atomic E-state index is 10.9. The first-order valence-corrected chi connectivity index (χ1v) is 5.98. The quantitative estimate of drug-likeness (QED) is 0.594. The Morgan fingerprint density at radius 2 is 2.00 bits per heavy atom. The van der Waals surface area contributed by atoms with Crippen molar-refractivity contribution in [3.05, 3.63) is 28.2 Å². The molecule has 1 aromatic rings. The molecule has 0 N–H and O–H groups in total. The first kappa shape index (κ1) is 11.8. The molecule has 76 valence electrons. The second-order valence-corrected chi connectivity index (χ2v) is 6.71. The number of rotatable bonds is 2. The highest BCUT2D eigenvalue weighted by Gasteiger charge is 2.15. The van der Waals surface area contributed by atoms with Crippen LogP contribution in [0.2, 0.25) is 0 Å². The van der Waals surface area contributed by atoms with Crippen LogP contribution in [0.4, 0.5) is 0 Å². The zero-order chi connectivity index (χ0) is 10.8. The molecule has 3 heteroatoms. The minimum Gasteiger partial charge on any atom is -0.298 e. The molecule has 0 atom stereocenters. The lowest BCUT2D eigenvalue weighted by Crippen LogP contribution is -2.07. The summed E-state index contributed by atoms with van der Waals surface area (Å²) in [5.74, 6) is 0. The molecule has 14 heavy (non-hydrogen) atoms. The zero-order valence-electron chi connectivity index (χ0n) is 8.50. The van der Waals surface area contributed by atoms with Crippen molar-refractivity contribution in [3.63, 3.8) is 0 Å². The van der Waals surface area contributed by atoms with Gasteiger partial charge in [0.15, 0.2) is 6.29 Å². The molecule has 0 spiro atoms. The lowest BCUT2D eigenvalue weighted by molar-refractivity contribution is 0.112. The summed E-state index contributed by atoms with van der Waals surface area (Å²) < 4.78 is 0.986. The molecule has 0 radical (unpaired) electrons. The van der Waals surface area contributed by atoms with Crippen LogP contribution in [0.1, 0.15) is 31.1 Å². The van der Waals surface area contributed by atoms with Gasteiger partial charge in [-0.25, -0.2) is 0 Å². The number of carbonyl (C=O) groups excluding carboxylic acids is 1. The lowest BCUT2D eigenvalue weighted by Gasteiger charge is -2.18. The second-order valence-electron chi connectivity index (χ2n) is 3.98. The molecule has 0 aliphatic heterocycles. The van der Waals surface area contributed by atoms with Crippen LogP contribution in [0.5, 0.6) is 0 Å². The van der Waals surface area contributed by atoms with Crippen molar-refractivity contribution in [3.8, 4) is 0 Å². The average molecular weight is 273 g/mol. The number of thioether (sulfide) groups is 1. The Kier molecular flexibility index (Phi) is 3.78. The first-order chi connectivity index (χ1) is 6.44. The minimum absolute atomic E-state index is 0.124. The Morgan fingerprint density at radius 3 is 2.50 bits per heavy atom. The summed E-state index contributed by atoms with van der Waals surface area (Å²) >= 11 is 5.08. The maximum absolute atomic E-state index is 10.9. The van der Waals surface area contributed by atoms with Crippen molar-refractivity contribution >= 4 is 34.0 Å². The van der Waals surface area contributed by atoms with Crippen LogP contribution >= 0.6 is 27.7 Å². The predicted octanol–water partition coefficient (Wildman–Crippen LogP) is 4.15. The van der Waals surface area contributed by atoms with Crippen molar-refractivity contribution < 1.29 is 4.79 Å². The van der Waals surface area contributed by atoms with Crippen LogP contribution in [-0.2, 0) is 0 Å². The fourth-order valence-corrected chi connectivity index (χ4v) is 2.72. The van der Waals surface area contributed by atoms with Gasteiger partial charge in [0.05, 0.1) is 0 Å². The van der Waals surface area contributed by atoms with E-state index in [1.54, 1.807) is 11.8 Å². The van der Waals surface area contributed by atoms with E-state index < -0.39 is 0 Å². The van der Waals surface area contributed by atoms with E-state index in [9.17, 15) is 4.79 Å². The summed E-state index contributed by atoms with van der Waals surface area (Å²) in [6, 6.07) is 5.81. The van der Waals surface area contributed by atoms with Crippen molar-refractivity contribution in [2.24, 2.45) is 0 Å². The monoisotopic (exact) mass is 272 g/mol. The Bertz CT molecular complexity index is 342. The number of halogens is 1. The van der Waals surface area contributed by atoms with Gasteiger partial charge in [-0.15, -0.1) is 11.8 Å². The van der Waals surface area contributed by atoms with Gasteiger partial charge in [0.1, 0.15) is 0 Å². The van der Waals surface area contributed by atoms with Gasteiger partial charge in [-0.3, -0.25) is 4.79 Å². The van der Waals surface area contributed by atoms with E-state index in [1.807, 2.05) is 18.2 Å². The zero-order valence-corrected chi connectivity index (χ0v) is 10.9. The molecule has 1 rings (SSSR count). The second kappa shape index (κ2) is 4.49. The molecular formula is C11H13BrOS. The van der Waals surface area contributed by atoms with Gasteiger partial charge < -0.3 is 0 Å². The van der Waals surface area contributed by atoms with Crippen molar-refractivity contribution in [2.75, 3.05) is 0 Å². The van der Waals surface area contributed by atoms with Gasteiger partial charge in [0.2, 0.25) is 0 Å². The highest BCUT2D eigenvalue weighted by Crippen LogP contribution is 2.35. The van der Waals surface area contributed by atoms with E-state index in [0.717, 1.165) is 21.2 Å². The summed E-state index contributed by atoms with van der Waals surface area (Å²) in [6.07, 6.45) is 0.901. The highest BCUT2D eigenvalue weighted by molar-refractivity contribution is 9.10. The number of benzene rings is 1. The standard InChI is InChI=1S/C11H13BrOS/c1-11(2,3)14-10-6-4-5-9(12)8(10)7-13/h4-7H,1-3H3. The smallest absolute Gasteiger partial charge is 0.152 e. The molecule has 0 aromatic heterocycles. The summed E-state index contributed by atoms with van der Waals surface area (Å²) in [4.78, 5) is 11.9. The number of aldehydes is 1. The molecule has 0 aliphatic carbocycles. The van der Waals surface area contributed by atoms with Crippen LogP contribution in [0.3, 0.4) is 0 Å². The normalized spacial score (nSPS) is 11.4. The first-order valence-electron chi connectivity index (χ1n) is 4.37. The van der Waals surface area contributed by atoms with Crippen LogP contribution in [0, 0.1) is 0 Å². The molecule has 0 aliphatic rings. The summed E-state index contributed by atoms with van der Waals surface area (Å²) in [5.41, 5.74) is 0.743. The third-order valence-corrected chi connectivity index (χ3v) is 3.43. The van der Waals surface area contributed by atoms with E-state index >= 15 is 0 Å². The van der Waals surface area contributed by atoms with Crippen molar-refractivity contribution in [1.29, 1.82) is 0 Å². The molecule has 0 bridgehead atoms. The van der Waals surface area contributed by atoms with E-state index in [-0.39, 0.29) is 4.75 Å². The molecule has 1 nitrogen and oxygen atoms in total. The third kappa shape index (κ3) is 3.14. The molecule has 0 saturated heterocycles. The number of hydrogen-bond donors (Lipinski definition) is 0. The fraction of sp³-hybridized carbons (Fsp3) is 0.364. The Morgan fingerprint density at radius 1 is 1.36 bits per heavy atom. The number of hydrogen-bond acceptors (Lipinski definition) is 2. The topological polar surface area (TPSA) is 17.1 Å². The van der Waals surface area contributed by atoms with Crippen LogP contribution in [0.15, 0.2) is 27.6 Å². The van der Waals surface area contributed by atoms with Gasteiger partial charge in [0, 0.05) is 19.7 Å². The summed E-state index contributed by atoms with van der Waals surface area (Å²) in [5, 5.41) is 0. The fourth-order valence-electron chi connectivity index (χ4n) is 1.05. The Labute approximate surface area is 97.4 Å². The third-order valence-electron chi connectivity index (χ3n) is 1.55. The molecule has 0 amide bonds. The summed E-state index contributed by atoms with van der Waals surface area (Å²) in [7, 11) is 0. The number of carbonyl (C=O) groups is 1. The molecule has 0 fully saturated rings. The van der Waals surface area contributed by atoms with Gasteiger partial charge in [-0.05, 0) is 12.1 Å². The van der Waals surface area contributed by atoms with Gasteiger partial charge in [-0.1, -0.05) is 42.8 Å². The summed E-state index contributed by atoms with van der Waals surface area (Å²) in [6.45, 7) is 6.40. The lowest BCUT2D eigenvalue weighted by atomic mass is 10.2. The molecular weight excluding hydrogens is 260 g/mol. The molecule has 1 aromatic carbocycles. The van der Waals surface area contributed by atoms with E-state index in [4.69, 9.17) is 0 Å². The van der Waals surface area contributed by atoms with Crippen molar-refractivity contribution in [2.45, 2.75) is 30.4 Å². The van der Waals surface area contributed by atoms with Crippen molar-refractivity contribution in [1.82, 2.24) is 0 Å². The van der Waals surface area contributed by atoms with Gasteiger partial charge >= 0.3 is 0 Å². The molecule has 0 heterocycles. The van der Waals surface area contributed by atoms with E-state index in [2.05, 4.69) is 36.7 Å². The Hall–Kier alpha value is -0.280. The molecule has 0 unspecified atom stereocenters. The average Bonchev–Trinajstić information content (AvgIpc) is 2.01.